The average molecular weight is 350 g/mol. The summed E-state index contributed by atoms with van der Waals surface area (Å²) in [5, 5.41) is 2.94. The lowest BCUT2D eigenvalue weighted by Gasteiger charge is -2.31. The average Bonchev–Trinajstić information content (AvgIpc) is 2.72. The molecule has 0 heterocycles. The summed E-state index contributed by atoms with van der Waals surface area (Å²) in [6.07, 6.45) is 5.43. The van der Waals surface area contributed by atoms with Gasteiger partial charge in [-0.15, -0.1) is 0 Å². The first-order chi connectivity index (χ1) is 12.7. The number of nitrogens with one attached hydrogen (secondary N) is 1. The van der Waals surface area contributed by atoms with Gasteiger partial charge in [0, 0.05) is 13.1 Å². The third-order valence-corrected chi connectivity index (χ3v) is 5.18. The molecule has 4 nitrogen and oxygen atoms in total. The number of carbonyl (C=O) groups excluding carboxylic acids is 2. The predicted octanol–water partition coefficient (Wildman–Crippen LogP) is 3.68. The molecule has 1 aliphatic rings. The monoisotopic (exact) mass is 350 g/mol. The van der Waals surface area contributed by atoms with Crippen molar-refractivity contribution in [3.63, 3.8) is 0 Å². The van der Waals surface area contributed by atoms with E-state index in [1.807, 2.05) is 60.7 Å². The smallest absolute Gasteiger partial charge is 0.311 e. The maximum atomic E-state index is 12.7. The van der Waals surface area contributed by atoms with E-state index >= 15 is 0 Å². The highest BCUT2D eigenvalue weighted by Gasteiger charge is 2.28. The molecule has 2 aromatic carbocycles. The summed E-state index contributed by atoms with van der Waals surface area (Å²) in [5.41, 5.74) is 1.92. The van der Waals surface area contributed by atoms with E-state index in [4.69, 9.17) is 0 Å². The zero-order valence-electron chi connectivity index (χ0n) is 15.2. The van der Waals surface area contributed by atoms with Gasteiger partial charge in [-0.3, -0.25) is 9.59 Å². The second kappa shape index (κ2) is 8.65. The lowest BCUT2D eigenvalue weighted by molar-refractivity contribution is -0.147. The normalized spacial score (nSPS) is 14.8. The van der Waals surface area contributed by atoms with Crippen LogP contribution in [0.15, 0.2) is 60.7 Å². The summed E-state index contributed by atoms with van der Waals surface area (Å²) >= 11 is 0. The zero-order valence-corrected chi connectivity index (χ0v) is 15.2. The van der Waals surface area contributed by atoms with Crippen LogP contribution in [0.4, 0.5) is 0 Å². The van der Waals surface area contributed by atoms with Crippen molar-refractivity contribution in [2.45, 2.75) is 44.2 Å². The Bertz CT molecular complexity index is 685. The molecular formula is C22H26N2O2. The Kier molecular flexibility index (Phi) is 6.05. The second-order valence-corrected chi connectivity index (χ2v) is 6.94. The molecule has 0 radical (unpaired) electrons. The zero-order chi connectivity index (χ0) is 18.4. The van der Waals surface area contributed by atoms with Crippen molar-refractivity contribution in [1.29, 1.82) is 0 Å². The highest BCUT2D eigenvalue weighted by molar-refractivity contribution is 6.35. The Hall–Kier alpha value is -2.62. The Balaban J connectivity index is 1.76. The Morgan fingerprint density at radius 2 is 1.38 bits per heavy atom. The van der Waals surface area contributed by atoms with Gasteiger partial charge >= 0.3 is 11.8 Å². The van der Waals surface area contributed by atoms with E-state index in [9.17, 15) is 9.59 Å². The molecule has 2 amide bonds. The number of nitrogens with zero attached hydrogens (tertiary/aromatic N) is 1. The van der Waals surface area contributed by atoms with E-state index in [0.29, 0.717) is 0 Å². The van der Waals surface area contributed by atoms with Crippen LogP contribution in [0.1, 0.15) is 49.3 Å². The number of rotatable bonds is 4. The number of hydrogen-bond donors (Lipinski definition) is 1. The molecule has 136 valence electrons. The van der Waals surface area contributed by atoms with Gasteiger partial charge in [-0.25, -0.2) is 0 Å². The fourth-order valence-corrected chi connectivity index (χ4v) is 3.64. The van der Waals surface area contributed by atoms with Crippen LogP contribution in [0.5, 0.6) is 0 Å². The largest absolute Gasteiger partial charge is 0.337 e. The highest BCUT2D eigenvalue weighted by Crippen LogP contribution is 2.23. The molecule has 0 atom stereocenters. The van der Waals surface area contributed by atoms with Crippen LogP contribution in [0.2, 0.25) is 0 Å². The first kappa shape index (κ1) is 18.2. The Morgan fingerprint density at radius 1 is 0.885 bits per heavy atom. The molecular weight excluding hydrogens is 324 g/mol. The molecule has 0 saturated heterocycles. The van der Waals surface area contributed by atoms with E-state index in [2.05, 4.69) is 5.32 Å². The van der Waals surface area contributed by atoms with Gasteiger partial charge in [0.25, 0.3) is 0 Å². The lowest BCUT2D eigenvalue weighted by atomic mass is 9.94. The molecule has 1 N–H and O–H groups in total. The van der Waals surface area contributed by atoms with Crippen molar-refractivity contribution in [2.24, 2.45) is 0 Å². The minimum Gasteiger partial charge on any atom is -0.337 e. The quantitative estimate of drug-likeness (QED) is 0.855. The fourth-order valence-electron chi connectivity index (χ4n) is 3.64. The van der Waals surface area contributed by atoms with Crippen molar-refractivity contribution in [3.8, 4) is 0 Å². The summed E-state index contributed by atoms with van der Waals surface area (Å²) in [4.78, 5) is 27.0. The minimum absolute atomic E-state index is 0.175. The van der Waals surface area contributed by atoms with E-state index in [0.717, 1.165) is 36.8 Å². The first-order valence-corrected chi connectivity index (χ1v) is 9.34. The van der Waals surface area contributed by atoms with Crippen molar-refractivity contribution in [1.82, 2.24) is 10.2 Å². The van der Waals surface area contributed by atoms with Crippen LogP contribution in [0, 0.1) is 0 Å². The number of likely N-dealkylation sites (N-methyl/N-ethyl adjacent to an activating group) is 1. The van der Waals surface area contributed by atoms with Crippen molar-refractivity contribution in [2.75, 3.05) is 7.05 Å². The first-order valence-electron chi connectivity index (χ1n) is 9.34. The number of hydrogen-bond acceptors (Lipinski definition) is 2. The summed E-state index contributed by atoms with van der Waals surface area (Å²) in [7, 11) is 1.75. The molecule has 0 unspecified atom stereocenters. The predicted molar refractivity (Wildman–Crippen MR) is 103 cm³/mol. The maximum Gasteiger partial charge on any atom is 0.311 e. The van der Waals surface area contributed by atoms with Crippen LogP contribution in [0.25, 0.3) is 0 Å². The van der Waals surface area contributed by atoms with Gasteiger partial charge in [-0.05, 0) is 24.0 Å². The third-order valence-electron chi connectivity index (χ3n) is 5.18. The Labute approximate surface area is 155 Å². The summed E-state index contributed by atoms with van der Waals surface area (Å²) in [6, 6.07) is 19.3. The topological polar surface area (TPSA) is 49.4 Å². The molecule has 4 heteroatoms. The van der Waals surface area contributed by atoms with Gasteiger partial charge in [0.05, 0.1) is 6.04 Å². The molecule has 0 aromatic heterocycles. The van der Waals surface area contributed by atoms with E-state index in [1.165, 1.54) is 6.42 Å². The standard InChI is InChI=1S/C22H26N2O2/c1-24(19-15-9-4-10-16-19)22(26)21(25)23-20(17-11-5-2-6-12-17)18-13-7-3-8-14-18/h2-3,5-8,11-14,19-20H,4,9-10,15-16H2,1H3,(H,23,25). The van der Waals surface area contributed by atoms with E-state index in [1.54, 1.807) is 11.9 Å². The van der Waals surface area contributed by atoms with Crippen LogP contribution in [-0.4, -0.2) is 29.8 Å². The molecule has 1 saturated carbocycles. The van der Waals surface area contributed by atoms with Gasteiger partial charge in [-0.1, -0.05) is 79.9 Å². The van der Waals surface area contributed by atoms with Crippen molar-refractivity contribution >= 4 is 11.8 Å². The number of amides is 2. The van der Waals surface area contributed by atoms with Crippen molar-refractivity contribution in [3.05, 3.63) is 71.8 Å². The molecule has 2 aromatic rings. The van der Waals surface area contributed by atoms with E-state index in [-0.39, 0.29) is 12.1 Å². The summed E-state index contributed by atoms with van der Waals surface area (Å²) in [6.45, 7) is 0. The van der Waals surface area contributed by atoms with Gasteiger partial charge < -0.3 is 10.2 Å². The molecule has 3 rings (SSSR count). The van der Waals surface area contributed by atoms with E-state index < -0.39 is 11.8 Å². The van der Waals surface area contributed by atoms with Gasteiger partial charge in [0.1, 0.15) is 0 Å². The van der Waals surface area contributed by atoms with Crippen LogP contribution in [-0.2, 0) is 9.59 Å². The molecule has 1 aliphatic carbocycles. The molecule has 26 heavy (non-hydrogen) atoms. The minimum atomic E-state index is -0.546. The van der Waals surface area contributed by atoms with Crippen LogP contribution >= 0.6 is 0 Å². The highest BCUT2D eigenvalue weighted by atomic mass is 16.2. The SMILES string of the molecule is CN(C(=O)C(=O)NC(c1ccccc1)c1ccccc1)C1CCCCC1. The van der Waals surface area contributed by atoms with Gasteiger partial charge in [0.2, 0.25) is 0 Å². The second-order valence-electron chi connectivity index (χ2n) is 6.94. The summed E-state index contributed by atoms with van der Waals surface area (Å²) < 4.78 is 0. The molecule has 0 aliphatic heterocycles. The lowest BCUT2D eigenvalue weighted by Crippen LogP contribution is -2.47. The van der Waals surface area contributed by atoms with Gasteiger partial charge in [-0.2, -0.15) is 0 Å². The van der Waals surface area contributed by atoms with Crippen molar-refractivity contribution < 1.29 is 9.59 Å². The maximum absolute atomic E-state index is 12.7. The molecule has 1 fully saturated rings. The molecule has 0 bridgehead atoms. The Morgan fingerprint density at radius 3 is 1.88 bits per heavy atom. The van der Waals surface area contributed by atoms with Crippen LogP contribution < -0.4 is 5.32 Å². The fraction of sp³-hybridized carbons (Fsp3) is 0.364. The number of carbonyl (C=O) groups is 2. The summed E-state index contributed by atoms with van der Waals surface area (Å²) in [5.74, 6) is -0.996. The molecule has 0 spiro atoms. The van der Waals surface area contributed by atoms with Crippen LogP contribution in [0.3, 0.4) is 0 Å². The third kappa shape index (κ3) is 4.31. The number of benzene rings is 2. The van der Waals surface area contributed by atoms with Gasteiger partial charge in [0.15, 0.2) is 0 Å².